The van der Waals surface area contributed by atoms with Crippen LogP contribution in [0.3, 0.4) is 0 Å². The molecule has 3 N–H and O–H groups in total. The molecule has 0 aromatic heterocycles. The van der Waals surface area contributed by atoms with Crippen LogP contribution in [0.2, 0.25) is 0 Å². The number of methoxy groups -OCH3 is 4. The number of aliphatic hydroxyl groups is 3. The predicted molar refractivity (Wildman–Crippen MR) is 86.4 cm³/mol. The molecule has 2 heterocycles. The number of ether oxygens (including phenoxy) is 7. The van der Waals surface area contributed by atoms with Gasteiger partial charge >= 0.3 is 0 Å². The first kappa shape index (κ1) is 21.9. The molecule has 10 heteroatoms. The zero-order valence-corrected chi connectivity index (χ0v) is 15.7. The maximum absolute atomic E-state index is 10.5. The smallest absolute Gasteiger partial charge is 0.187 e. The third kappa shape index (κ3) is 4.36. The number of hydrogen-bond donors (Lipinski definition) is 3. The molecule has 2 aliphatic rings. The minimum absolute atomic E-state index is 0.0947. The Morgan fingerprint density at radius 2 is 1.38 bits per heavy atom. The van der Waals surface area contributed by atoms with E-state index in [2.05, 4.69) is 0 Å². The molecule has 2 aliphatic heterocycles. The van der Waals surface area contributed by atoms with E-state index in [1.165, 1.54) is 28.4 Å². The second-order valence-electron chi connectivity index (χ2n) is 6.41. The fourth-order valence-electron chi connectivity index (χ4n) is 3.45. The summed E-state index contributed by atoms with van der Waals surface area (Å²) in [5.74, 6) is 0. The van der Waals surface area contributed by atoms with Crippen molar-refractivity contribution in [2.24, 2.45) is 0 Å². The van der Waals surface area contributed by atoms with Gasteiger partial charge in [0, 0.05) is 28.4 Å². The predicted octanol–water partition coefficient (Wildman–Crippen LogP) is -1.75. The van der Waals surface area contributed by atoms with Gasteiger partial charge < -0.3 is 48.5 Å². The van der Waals surface area contributed by atoms with E-state index in [4.69, 9.17) is 33.2 Å². The molecule has 10 nitrogen and oxygen atoms in total. The number of rotatable bonds is 7. The highest BCUT2D eigenvalue weighted by molar-refractivity contribution is 4.94. The molecule has 2 fully saturated rings. The van der Waals surface area contributed by atoms with E-state index in [9.17, 15) is 15.3 Å². The molecule has 26 heavy (non-hydrogen) atoms. The van der Waals surface area contributed by atoms with E-state index in [1.807, 2.05) is 0 Å². The summed E-state index contributed by atoms with van der Waals surface area (Å²) in [6.45, 7) is 1.80. The Hall–Kier alpha value is -0.400. The molecule has 0 aromatic carbocycles. The molecule has 10 atom stereocenters. The van der Waals surface area contributed by atoms with Gasteiger partial charge in [-0.3, -0.25) is 0 Å². The first-order valence-corrected chi connectivity index (χ1v) is 8.47. The molecule has 2 saturated heterocycles. The van der Waals surface area contributed by atoms with Crippen LogP contribution < -0.4 is 0 Å². The summed E-state index contributed by atoms with van der Waals surface area (Å²) < 4.78 is 38.0. The molecule has 0 saturated carbocycles. The summed E-state index contributed by atoms with van der Waals surface area (Å²) in [5.41, 5.74) is 0. The van der Waals surface area contributed by atoms with Crippen LogP contribution in [0.4, 0.5) is 0 Å². The fourth-order valence-corrected chi connectivity index (χ4v) is 3.45. The molecule has 0 amide bonds. The van der Waals surface area contributed by atoms with Crippen molar-refractivity contribution in [1.29, 1.82) is 0 Å². The summed E-state index contributed by atoms with van der Waals surface area (Å²) in [5, 5.41) is 30.8. The Balaban J connectivity index is 2.17. The third-order valence-corrected chi connectivity index (χ3v) is 4.83. The average molecular weight is 382 g/mol. The lowest BCUT2D eigenvalue weighted by Gasteiger charge is -2.47. The number of aliphatic hydroxyl groups excluding tert-OH is 3. The molecule has 0 aromatic rings. The average Bonchev–Trinajstić information content (AvgIpc) is 2.61. The van der Waals surface area contributed by atoms with Crippen LogP contribution in [0.25, 0.3) is 0 Å². The van der Waals surface area contributed by atoms with Crippen molar-refractivity contribution in [1.82, 2.24) is 0 Å². The maximum Gasteiger partial charge on any atom is 0.187 e. The van der Waals surface area contributed by atoms with E-state index < -0.39 is 61.4 Å². The maximum atomic E-state index is 10.5. The molecule has 0 radical (unpaired) electrons. The van der Waals surface area contributed by atoms with Gasteiger partial charge in [0.2, 0.25) is 0 Å². The van der Waals surface area contributed by atoms with Crippen LogP contribution in [0.15, 0.2) is 0 Å². The SMILES string of the molecule is COCC1OC(OC2C(C)OC(O)C(OC)C2OC)C(O)C(OC)C1O. The third-order valence-electron chi connectivity index (χ3n) is 4.83. The molecular weight excluding hydrogens is 352 g/mol. The Morgan fingerprint density at radius 3 is 1.92 bits per heavy atom. The standard InChI is InChI=1S/C16H30O10/c1-7-11(13(22-4)14(23-5)15(19)24-7)26-16-10(18)12(21-3)9(17)8(25-16)6-20-2/h7-19H,6H2,1-5H3. The fraction of sp³-hybridized carbons (Fsp3) is 1.00. The van der Waals surface area contributed by atoms with Gasteiger partial charge in [-0.05, 0) is 6.92 Å². The summed E-state index contributed by atoms with van der Waals surface area (Å²) in [7, 11) is 5.74. The van der Waals surface area contributed by atoms with E-state index in [0.717, 1.165) is 0 Å². The van der Waals surface area contributed by atoms with Crippen molar-refractivity contribution >= 4 is 0 Å². The van der Waals surface area contributed by atoms with Crippen molar-refractivity contribution in [3.63, 3.8) is 0 Å². The summed E-state index contributed by atoms with van der Waals surface area (Å²) in [4.78, 5) is 0. The van der Waals surface area contributed by atoms with Crippen molar-refractivity contribution in [3.8, 4) is 0 Å². The van der Waals surface area contributed by atoms with Crippen LogP contribution in [0.5, 0.6) is 0 Å². The summed E-state index contributed by atoms with van der Waals surface area (Å²) in [6, 6.07) is 0. The minimum atomic E-state index is -1.25. The molecule has 0 aliphatic carbocycles. The molecule has 0 spiro atoms. The molecular formula is C16H30O10. The minimum Gasteiger partial charge on any atom is -0.387 e. The van der Waals surface area contributed by atoms with Crippen molar-refractivity contribution in [3.05, 3.63) is 0 Å². The molecule has 154 valence electrons. The van der Waals surface area contributed by atoms with Crippen molar-refractivity contribution < 1.29 is 48.5 Å². The van der Waals surface area contributed by atoms with Gasteiger partial charge in [-0.2, -0.15) is 0 Å². The normalized spacial score (nSPS) is 47.1. The van der Waals surface area contributed by atoms with Gasteiger partial charge in [0.05, 0.1) is 12.7 Å². The van der Waals surface area contributed by atoms with E-state index >= 15 is 0 Å². The van der Waals surface area contributed by atoms with Crippen LogP contribution in [0, 0.1) is 0 Å². The van der Waals surface area contributed by atoms with Gasteiger partial charge in [0.25, 0.3) is 0 Å². The number of hydrogen-bond acceptors (Lipinski definition) is 10. The quantitative estimate of drug-likeness (QED) is 0.467. The molecule has 2 rings (SSSR count). The van der Waals surface area contributed by atoms with Crippen molar-refractivity contribution in [2.45, 2.75) is 68.3 Å². The topological polar surface area (TPSA) is 125 Å². The Labute approximate surface area is 152 Å². The second kappa shape index (κ2) is 9.69. The van der Waals surface area contributed by atoms with E-state index in [-0.39, 0.29) is 6.61 Å². The van der Waals surface area contributed by atoms with Crippen LogP contribution in [0.1, 0.15) is 6.92 Å². The zero-order chi connectivity index (χ0) is 19.4. The second-order valence-corrected chi connectivity index (χ2v) is 6.41. The summed E-state index contributed by atoms with van der Waals surface area (Å²) in [6.07, 6.45) is -9.00. The Morgan fingerprint density at radius 1 is 0.769 bits per heavy atom. The summed E-state index contributed by atoms with van der Waals surface area (Å²) >= 11 is 0. The van der Waals surface area contributed by atoms with Crippen LogP contribution in [-0.2, 0) is 33.2 Å². The van der Waals surface area contributed by atoms with Gasteiger partial charge in [-0.25, -0.2) is 0 Å². The lowest BCUT2D eigenvalue weighted by atomic mass is 9.97. The lowest BCUT2D eigenvalue weighted by molar-refractivity contribution is -0.356. The van der Waals surface area contributed by atoms with Gasteiger partial charge in [0.15, 0.2) is 12.6 Å². The zero-order valence-electron chi connectivity index (χ0n) is 15.7. The highest BCUT2D eigenvalue weighted by Crippen LogP contribution is 2.31. The largest absolute Gasteiger partial charge is 0.387 e. The van der Waals surface area contributed by atoms with Gasteiger partial charge in [0.1, 0.15) is 42.7 Å². The molecule has 0 bridgehead atoms. The van der Waals surface area contributed by atoms with E-state index in [1.54, 1.807) is 6.92 Å². The van der Waals surface area contributed by atoms with Gasteiger partial charge in [-0.15, -0.1) is 0 Å². The Kier molecular flexibility index (Phi) is 8.16. The lowest BCUT2D eigenvalue weighted by Crippen LogP contribution is -2.64. The first-order valence-electron chi connectivity index (χ1n) is 8.47. The molecule has 10 unspecified atom stereocenters. The highest BCUT2D eigenvalue weighted by atomic mass is 16.7. The van der Waals surface area contributed by atoms with Crippen LogP contribution in [-0.4, -0.2) is 112 Å². The van der Waals surface area contributed by atoms with Gasteiger partial charge in [-0.1, -0.05) is 0 Å². The van der Waals surface area contributed by atoms with E-state index in [0.29, 0.717) is 0 Å². The van der Waals surface area contributed by atoms with Crippen LogP contribution >= 0.6 is 0 Å². The Bertz CT molecular complexity index is 424. The van der Waals surface area contributed by atoms with Crippen molar-refractivity contribution in [2.75, 3.05) is 35.0 Å². The first-order chi connectivity index (χ1) is 12.4. The monoisotopic (exact) mass is 382 g/mol. The highest BCUT2D eigenvalue weighted by Gasteiger charge is 2.50.